The number of carbonyl (C=O) groups excluding carboxylic acids is 1. The minimum atomic E-state index is -0.585. The van der Waals surface area contributed by atoms with Crippen molar-refractivity contribution >= 4 is 23.0 Å². The van der Waals surface area contributed by atoms with Gasteiger partial charge in [-0.1, -0.05) is 23.9 Å². The maximum absolute atomic E-state index is 12.8. The molecule has 0 fully saturated rings. The van der Waals surface area contributed by atoms with E-state index in [-0.39, 0.29) is 5.12 Å². The van der Waals surface area contributed by atoms with Gasteiger partial charge < -0.3 is 0 Å². The van der Waals surface area contributed by atoms with Crippen LogP contribution in [-0.2, 0) is 4.79 Å². The van der Waals surface area contributed by atoms with Crippen LogP contribution < -0.4 is 0 Å². The van der Waals surface area contributed by atoms with Gasteiger partial charge in [0.1, 0.15) is 11.6 Å². The van der Waals surface area contributed by atoms with Gasteiger partial charge in [-0.05, 0) is 24.1 Å². The molecule has 0 aliphatic heterocycles. The first kappa shape index (κ1) is 12.9. The average molecular weight is 242 g/mol. The van der Waals surface area contributed by atoms with Crippen molar-refractivity contribution in [2.75, 3.05) is 5.75 Å². The highest BCUT2D eigenvalue weighted by atomic mass is 32.2. The molecule has 0 unspecified atom stereocenters. The van der Waals surface area contributed by atoms with Crippen molar-refractivity contribution < 1.29 is 13.6 Å². The molecule has 0 saturated heterocycles. The minimum Gasteiger partial charge on any atom is -0.288 e. The van der Waals surface area contributed by atoms with Gasteiger partial charge in [0.15, 0.2) is 5.12 Å². The summed E-state index contributed by atoms with van der Waals surface area (Å²) < 4.78 is 25.6. The second-order valence-corrected chi connectivity index (χ2v) is 4.51. The molecule has 1 nitrogen and oxygen atoms in total. The molecule has 0 aliphatic rings. The topological polar surface area (TPSA) is 17.1 Å². The number of hydrogen-bond donors (Lipinski definition) is 0. The van der Waals surface area contributed by atoms with Gasteiger partial charge in [-0.3, -0.25) is 4.79 Å². The summed E-state index contributed by atoms with van der Waals surface area (Å²) in [5.74, 6) is -0.487. The Labute approximate surface area is 97.5 Å². The van der Waals surface area contributed by atoms with Crippen LogP contribution >= 0.6 is 11.8 Å². The summed E-state index contributed by atoms with van der Waals surface area (Å²) in [6.07, 6.45) is 4.14. The van der Waals surface area contributed by atoms with Crippen molar-refractivity contribution in [2.45, 2.75) is 13.3 Å². The van der Waals surface area contributed by atoms with E-state index in [0.29, 0.717) is 17.7 Å². The molecule has 0 aromatic heterocycles. The Morgan fingerprint density at radius 2 is 1.94 bits per heavy atom. The van der Waals surface area contributed by atoms with E-state index in [4.69, 9.17) is 0 Å². The third-order valence-corrected chi connectivity index (χ3v) is 2.63. The van der Waals surface area contributed by atoms with E-state index >= 15 is 0 Å². The number of halogens is 2. The molecule has 4 heteroatoms. The Bertz CT molecular complexity index is 382. The molecule has 0 heterocycles. The van der Waals surface area contributed by atoms with Gasteiger partial charge in [0, 0.05) is 18.7 Å². The number of rotatable bonds is 4. The van der Waals surface area contributed by atoms with Gasteiger partial charge in [0.25, 0.3) is 0 Å². The number of thioether (sulfide) groups is 1. The van der Waals surface area contributed by atoms with Crippen LogP contribution in [0.1, 0.15) is 18.9 Å². The first-order valence-corrected chi connectivity index (χ1v) is 5.82. The summed E-state index contributed by atoms with van der Waals surface area (Å²) in [4.78, 5) is 10.6. The molecule has 16 heavy (non-hydrogen) atoms. The Morgan fingerprint density at radius 3 is 2.50 bits per heavy atom. The van der Waals surface area contributed by atoms with Gasteiger partial charge in [0.05, 0.1) is 0 Å². The van der Waals surface area contributed by atoms with Gasteiger partial charge >= 0.3 is 0 Å². The fourth-order valence-electron chi connectivity index (χ4n) is 1.16. The lowest BCUT2D eigenvalue weighted by atomic mass is 10.2. The zero-order chi connectivity index (χ0) is 12.0. The molecule has 0 atom stereocenters. The lowest BCUT2D eigenvalue weighted by Gasteiger charge is -1.95. The Hall–Kier alpha value is -1.16. The van der Waals surface area contributed by atoms with Crippen LogP contribution in [-0.4, -0.2) is 10.9 Å². The number of benzene rings is 1. The van der Waals surface area contributed by atoms with Crippen molar-refractivity contribution in [3.8, 4) is 0 Å². The molecule has 0 bridgehead atoms. The van der Waals surface area contributed by atoms with E-state index in [0.717, 1.165) is 6.07 Å². The predicted molar refractivity (Wildman–Crippen MR) is 63.1 cm³/mol. The van der Waals surface area contributed by atoms with Gasteiger partial charge in [-0.2, -0.15) is 0 Å². The summed E-state index contributed by atoms with van der Waals surface area (Å²) in [6, 6.07) is 3.36. The molecule has 0 aliphatic carbocycles. The van der Waals surface area contributed by atoms with Crippen LogP contribution in [0.15, 0.2) is 24.3 Å². The van der Waals surface area contributed by atoms with Crippen LogP contribution in [0.4, 0.5) is 8.78 Å². The number of allylic oxidation sites excluding steroid dienone is 1. The first-order chi connectivity index (χ1) is 7.58. The Morgan fingerprint density at radius 1 is 1.31 bits per heavy atom. The molecular weight excluding hydrogens is 230 g/mol. The van der Waals surface area contributed by atoms with Crippen LogP contribution in [0.25, 0.3) is 6.08 Å². The highest BCUT2D eigenvalue weighted by Gasteiger charge is 1.97. The Balaban J connectivity index is 2.46. The van der Waals surface area contributed by atoms with E-state index in [1.807, 2.05) is 0 Å². The van der Waals surface area contributed by atoms with E-state index in [1.165, 1.54) is 30.8 Å². The quantitative estimate of drug-likeness (QED) is 0.750. The second-order valence-electron chi connectivity index (χ2n) is 3.23. The summed E-state index contributed by atoms with van der Waals surface area (Å²) in [5.41, 5.74) is 0.491. The highest BCUT2D eigenvalue weighted by Crippen LogP contribution is 2.10. The average Bonchev–Trinajstić information content (AvgIpc) is 2.15. The van der Waals surface area contributed by atoms with Crippen molar-refractivity contribution in [3.63, 3.8) is 0 Å². The zero-order valence-corrected chi connectivity index (χ0v) is 9.69. The third-order valence-electron chi connectivity index (χ3n) is 1.79. The van der Waals surface area contributed by atoms with E-state index in [1.54, 1.807) is 12.2 Å². The molecule has 0 spiro atoms. The van der Waals surface area contributed by atoms with E-state index in [9.17, 15) is 13.6 Å². The smallest absolute Gasteiger partial charge is 0.185 e. The normalized spacial score (nSPS) is 10.9. The molecule has 0 amide bonds. The molecule has 0 radical (unpaired) electrons. The van der Waals surface area contributed by atoms with Crippen LogP contribution in [0.2, 0.25) is 0 Å². The zero-order valence-electron chi connectivity index (χ0n) is 8.87. The molecule has 86 valence electrons. The van der Waals surface area contributed by atoms with Crippen LogP contribution in [0.3, 0.4) is 0 Å². The first-order valence-electron chi connectivity index (χ1n) is 4.84. The highest BCUT2D eigenvalue weighted by molar-refractivity contribution is 8.13. The summed E-state index contributed by atoms with van der Waals surface area (Å²) in [5, 5.41) is 0.0743. The fourth-order valence-corrected chi connectivity index (χ4v) is 1.70. The van der Waals surface area contributed by atoms with Gasteiger partial charge in [-0.15, -0.1) is 0 Å². The monoisotopic (exact) mass is 242 g/mol. The lowest BCUT2D eigenvalue weighted by Crippen LogP contribution is -1.84. The van der Waals surface area contributed by atoms with E-state index in [2.05, 4.69) is 0 Å². The third kappa shape index (κ3) is 5.07. The fraction of sp³-hybridized carbons (Fsp3) is 0.250. The van der Waals surface area contributed by atoms with Gasteiger partial charge in [-0.25, -0.2) is 8.78 Å². The molecule has 0 saturated carbocycles. The van der Waals surface area contributed by atoms with Crippen molar-refractivity contribution in [1.82, 2.24) is 0 Å². The summed E-state index contributed by atoms with van der Waals surface area (Å²) in [7, 11) is 0. The summed E-state index contributed by atoms with van der Waals surface area (Å²) in [6.45, 7) is 1.51. The molecule has 0 N–H and O–H groups in total. The minimum absolute atomic E-state index is 0.0743. The van der Waals surface area contributed by atoms with Crippen molar-refractivity contribution in [3.05, 3.63) is 41.5 Å². The lowest BCUT2D eigenvalue weighted by molar-refractivity contribution is -0.109. The molecule has 1 rings (SSSR count). The maximum Gasteiger partial charge on any atom is 0.185 e. The molecular formula is C12H12F2OS. The number of carbonyl (C=O) groups is 1. The van der Waals surface area contributed by atoms with Crippen molar-refractivity contribution in [2.24, 2.45) is 0 Å². The molecule has 1 aromatic carbocycles. The predicted octanol–water partition coefficient (Wildman–Crippen LogP) is 3.65. The second kappa shape index (κ2) is 6.43. The SMILES string of the molecule is CC(=O)SCCC=Cc1cc(F)cc(F)c1. The van der Waals surface area contributed by atoms with Crippen LogP contribution in [0.5, 0.6) is 0 Å². The molecule has 1 aromatic rings. The van der Waals surface area contributed by atoms with E-state index < -0.39 is 11.6 Å². The van der Waals surface area contributed by atoms with Crippen LogP contribution in [0, 0.1) is 11.6 Å². The largest absolute Gasteiger partial charge is 0.288 e. The maximum atomic E-state index is 12.8. The number of hydrogen-bond acceptors (Lipinski definition) is 2. The standard InChI is InChI=1S/C12H12F2OS/c1-9(15)16-5-3-2-4-10-6-11(13)8-12(14)7-10/h2,4,6-8H,3,5H2,1H3. The van der Waals surface area contributed by atoms with Crippen molar-refractivity contribution in [1.29, 1.82) is 0 Å². The summed E-state index contributed by atoms with van der Waals surface area (Å²) >= 11 is 1.23. The Kier molecular flexibility index (Phi) is 5.19. The van der Waals surface area contributed by atoms with Gasteiger partial charge in [0.2, 0.25) is 0 Å².